The van der Waals surface area contributed by atoms with Crippen molar-refractivity contribution in [1.29, 1.82) is 0 Å². The van der Waals surface area contributed by atoms with E-state index in [1.807, 2.05) is 68.4 Å². The van der Waals surface area contributed by atoms with Crippen LogP contribution in [-0.4, -0.2) is 15.7 Å². The van der Waals surface area contributed by atoms with E-state index in [0.29, 0.717) is 18.1 Å². The summed E-state index contributed by atoms with van der Waals surface area (Å²) >= 11 is 0. The first-order chi connectivity index (χ1) is 15.5. The topological polar surface area (TPSA) is 56.2 Å². The number of carbonyl (C=O) groups excluding carboxylic acids is 1. The molecule has 32 heavy (non-hydrogen) atoms. The highest BCUT2D eigenvalue weighted by Crippen LogP contribution is 2.32. The van der Waals surface area contributed by atoms with Gasteiger partial charge in [0.15, 0.2) is 0 Å². The molecule has 3 aromatic carbocycles. The Balaban J connectivity index is 1.63. The molecule has 1 N–H and O–H groups in total. The van der Waals surface area contributed by atoms with Crippen LogP contribution < -0.4 is 10.1 Å². The number of amides is 1. The van der Waals surface area contributed by atoms with Crippen LogP contribution in [0, 0.1) is 19.7 Å². The number of aryl methyl sites for hydroxylation is 2. The zero-order chi connectivity index (χ0) is 22.5. The Hall–Kier alpha value is -3.93. The highest BCUT2D eigenvalue weighted by atomic mass is 19.1. The van der Waals surface area contributed by atoms with Gasteiger partial charge in [-0.15, -0.1) is 0 Å². The largest absolute Gasteiger partial charge is 0.439 e. The number of para-hydroxylation sites is 1. The molecule has 0 aliphatic heterocycles. The Labute approximate surface area is 186 Å². The van der Waals surface area contributed by atoms with Crippen molar-refractivity contribution in [3.63, 3.8) is 0 Å². The number of nitrogens with zero attached hydrogens (tertiary/aromatic N) is 2. The predicted octanol–water partition coefficient (Wildman–Crippen LogP) is 5.99. The molecule has 4 aromatic rings. The van der Waals surface area contributed by atoms with Crippen LogP contribution in [0.15, 0.2) is 78.9 Å². The third kappa shape index (κ3) is 5.03. The van der Waals surface area contributed by atoms with Crippen molar-refractivity contribution in [2.75, 3.05) is 5.32 Å². The maximum atomic E-state index is 13.4. The quantitative estimate of drug-likeness (QED) is 0.392. The molecule has 1 amide bonds. The summed E-state index contributed by atoms with van der Waals surface area (Å²) in [5.41, 5.74) is 4.31. The van der Waals surface area contributed by atoms with E-state index < -0.39 is 0 Å². The predicted molar refractivity (Wildman–Crippen MR) is 123 cm³/mol. The van der Waals surface area contributed by atoms with Crippen LogP contribution >= 0.6 is 0 Å². The third-order valence-electron chi connectivity index (χ3n) is 5.07. The van der Waals surface area contributed by atoms with Gasteiger partial charge in [-0.1, -0.05) is 30.3 Å². The number of carbonyl (C=O) groups is 1. The lowest BCUT2D eigenvalue weighted by Crippen LogP contribution is -2.12. The summed E-state index contributed by atoms with van der Waals surface area (Å²) < 4.78 is 21.3. The van der Waals surface area contributed by atoms with Crippen LogP contribution in [0.5, 0.6) is 11.6 Å². The average Bonchev–Trinajstić information content (AvgIpc) is 3.09. The summed E-state index contributed by atoms with van der Waals surface area (Å²) in [5.74, 6) is 0.590. The van der Waals surface area contributed by atoms with Crippen molar-refractivity contribution in [1.82, 2.24) is 9.78 Å². The molecule has 1 aromatic heterocycles. The van der Waals surface area contributed by atoms with Crippen LogP contribution in [0.2, 0.25) is 0 Å². The van der Waals surface area contributed by atoms with Crippen LogP contribution in [0.3, 0.4) is 0 Å². The fourth-order valence-corrected chi connectivity index (χ4v) is 3.46. The second kappa shape index (κ2) is 9.47. The van der Waals surface area contributed by atoms with Crippen molar-refractivity contribution in [2.24, 2.45) is 0 Å². The summed E-state index contributed by atoms with van der Waals surface area (Å²) in [6.45, 7) is 3.91. The molecule has 1 heterocycles. The van der Waals surface area contributed by atoms with E-state index in [0.717, 1.165) is 28.2 Å². The SMILES string of the molecule is Cc1cccc(-n2nc(C)c(CCC(=O)Nc3ccccc3)c2Oc2ccc(F)cc2)c1. The van der Waals surface area contributed by atoms with E-state index in [2.05, 4.69) is 10.4 Å². The van der Waals surface area contributed by atoms with Gasteiger partial charge in [-0.2, -0.15) is 5.10 Å². The standard InChI is InChI=1S/C26H24FN3O2/c1-18-7-6-10-22(17-18)30-26(32-23-13-11-20(27)12-14-23)24(19(2)29-30)15-16-25(31)28-21-8-4-3-5-9-21/h3-14,17H,15-16H2,1-2H3,(H,28,31). The second-order valence-corrected chi connectivity index (χ2v) is 7.59. The van der Waals surface area contributed by atoms with Gasteiger partial charge in [0.25, 0.3) is 0 Å². The first kappa shape index (κ1) is 21.3. The summed E-state index contributed by atoms with van der Waals surface area (Å²) in [5, 5.41) is 7.59. The Morgan fingerprint density at radius 1 is 1.00 bits per heavy atom. The number of rotatable bonds is 7. The van der Waals surface area contributed by atoms with Gasteiger partial charge in [0.2, 0.25) is 11.8 Å². The Bertz CT molecular complexity index is 1220. The summed E-state index contributed by atoms with van der Waals surface area (Å²) in [6.07, 6.45) is 0.724. The second-order valence-electron chi connectivity index (χ2n) is 7.59. The molecule has 4 rings (SSSR count). The summed E-state index contributed by atoms with van der Waals surface area (Å²) in [6, 6.07) is 23.1. The number of hydrogen-bond donors (Lipinski definition) is 1. The number of hydrogen-bond acceptors (Lipinski definition) is 3. The lowest BCUT2D eigenvalue weighted by atomic mass is 10.1. The third-order valence-corrected chi connectivity index (χ3v) is 5.07. The van der Waals surface area contributed by atoms with E-state index >= 15 is 0 Å². The van der Waals surface area contributed by atoms with E-state index in [-0.39, 0.29) is 18.1 Å². The first-order valence-electron chi connectivity index (χ1n) is 10.4. The zero-order valence-electron chi connectivity index (χ0n) is 18.0. The minimum atomic E-state index is -0.335. The van der Waals surface area contributed by atoms with Crippen LogP contribution in [0.4, 0.5) is 10.1 Å². The minimum Gasteiger partial charge on any atom is -0.439 e. The van der Waals surface area contributed by atoms with Gasteiger partial charge in [0.1, 0.15) is 11.6 Å². The van der Waals surface area contributed by atoms with Crippen molar-refractivity contribution < 1.29 is 13.9 Å². The minimum absolute atomic E-state index is 0.0911. The van der Waals surface area contributed by atoms with Crippen LogP contribution in [0.1, 0.15) is 23.2 Å². The molecule has 6 heteroatoms. The summed E-state index contributed by atoms with van der Waals surface area (Å²) in [7, 11) is 0. The smallest absolute Gasteiger partial charge is 0.226 e. The highest BCUT2D eigenvalue weighted by molar-refractivity contribution is 5.90. The van der Waals surface area contributed by atoms with Crippen LogP contribution in [0.25, 0.3) is 5.69 Å². The molecule has 0 bridgehead atoms. The van der Waals surface area contributed by atoms with E-state index in [1.54, 1.807) is 16.8 Å². The fourth-order valence-electron chi connectivity index (χ4n) is 3.46. The van der Waals surface area contributed by atoms with Crippen molar-refractivity contribution in [3.05, 3.63) is 102 Å². The first-order valence-corrected chi connectivity index (χ1v) is 10.4. The van der Waals surface area contributed by atoms with Gasteiger partial charge in [0, 0.05) is 17.7 Å². The molecule has 0 saturated carbocycles. The lowest BCUT2D eigenvalue weighted by Gasteiger charge is -2.12. The van der Waals surface area contributed by atoms with Gasteiger partial charge < -0.3 is 10.1 Å². The Morgan fingerprint density at radius 3 is 2.47 bits per heavy atom. The lowest BCUT2D eigenvalue weighted by molar-refractivity contribution is -0.116. The van der Waals surface area contributed by atoms with Gasteiger partial charge in [-0.3, -0.25) is 4.79 Å². The molecular weight excluding hydrogens is 405 g/mol. The fraction of sp³-hybridized carbons (Fsp3) is 0.154. The number of aromatic nitrogens is 2. The Kier molecular flexibility index (Phi) is 6.31. The van der Waals surface area contributed by atoms with Crippen molar-refractivity contribution >= 4 is 11.6 Å². The number of ether oxygens (including phenoxy) is 1. The van der Waals surface area contributed by atoms with Gasteiger partial charge in [-0.25, -0.2) is 9.07 Å². The molecule has 0 saturated heterocycles. The zero-order valence-corrected chi connectivity index (χ0v) is 18.0. The normalized spacial score (nSPS) is 10.7. The number of benzene rings is 3. The summed E-state index contributed by atoms with van der Waals surface area (Å²) in [4.78, 5) is 12.5. The van der Waals surface area contributed by atoms with Crippen molar-refractivity contribution in [3.8, 4) is 17.3 Å². The maximum Gasteiger partial charge on any atom is 0.226 e. The highest BCUT2D eigenvalue weighted by Gasteiger charge is 2.20. The molecule has 162 valence electrons. The van der Waals surface area contributed by atoms with E-state index in [4.69, 9.17) is 4.74 Å². The molecular formula is C26H24FN3O2. The number of halogens is 1. The molecule has 0 aliphatic carbocycles. The van der Waals surface area contributed by atoms with Gasteiger partial charge >= 0.3 is 0 Å². The van der Waals surface area contributed by atoms with Gasteiger partial charge in [0.05, 0.1) is 11.4 Å². The molecule has 0 aliphatic rings. The average molecular weight is 429 g/mol. The molecule has 0 fully saturated rings. The molecule has 0 unspecified atom stereocenters. The molecule has 0 spiro atoms. The van der Waals surface area contributed by atoms with Gasteiger partial charge in [-0.05, 0) is 74.4 Å². The monoisotopic (exact) mass is 429 g/mol. The number of nitrogens with one attached hydrogen (secondary N) is 1. The van der Waals surface area contributed by atoms with Crippen LogP contribution in [-0.2, 0) is 11.2 Å². The molecule has 0 radical (unpaired) electrons. The molecule has 0 atom stereocenters. The Morgan fingerprint density at radius 2 is 1.75 bits per heavy atom. The maximum absolute atomic E-state index is 13.4. The number of anilines is 1. The molecule has 5 nitrogen and oxygen atoms in total. The van der Waals surface area contributed by atoms with E-state index in [9.17, 15) is 9.18 Å². The van der Waals surface area contributed by atoms with Crippen molar-refractivity contribution in [2.45, 2.75) is 26.7 Å². The van der Waals surface area contributed by atoms with E-state index in [1.165, 1.54) is 12.1 Å².